The number of likely N-dealkylation sites (N-methyl/N-ethyl adjacent to an activating group) is 1. The molecule has 0 radical (unpaired) electrons. The quantitative estimate of drug-likeness (QED) is 0.924. The predicted molar refractivity (Wildman–Crippen MR) is 81.8 cm³/mol. The molecule has 20 heavy (non-hydrogen) atoms. The maximum atomic E-state index is 12.5. The maximum Gasteiger partial charge on any atom is 0.246 e. The van der Waals surface area contributed by atoms with Crippen molar-refractivity contribution in [1.29, 1.82) is 0 Å². The second kappa shape index (κ2) is 7.07. The first-order chi connectivity index (χ1) is 9.01. The van der Waals surface area contributed by atoms with Crippen LogP contribution >= 0.6 is 12.4 Å². The van der Waals surface area contributed by atoms with Gasteiger partial charge in [-0.3, -0.25) is 4.79 Å². The van der Waals surface area contributed by atoms with Crippen molar-refractivity contribution in [3.63, 3.8) is 0 Å². The lowest BCUT2D eigenvalue weighted by Crippen LogP contribution is -2.51. The lowest BCUT2D eigenvalue weighted by atomic mass is 9.91. The van der Waals surface area contributed by atoms with E-state index in [0.29, 0.717) is 6.54 Å². The molecule has 1 aliphatic heterocycles. The molecule has 1 heterocycles. The van der Waals surface area contributed by atoms with Crippen molar-refractivity contribution in [3.8, 4) is 0 Å². The smallest absolute Gasteiger partial charge is 0.246 e. The van der Waals surface area contributed by atoms with Gasteiger partial charge < -0.3 is 15.4 Å². The van der Waals surface area contributed by atoms with Gasteiger partial charge in [0.05, 0.1) is 6.10 Å². The monoisotopic (exact) mass is 298 g/mol. The van der Waals surface area contributed by atoms with E-state index in [-0.39, 0.29) is 24.4 Å². The SMILES string of the molecule is CN(CC1CCCO1)C(=O)C(C)(N)c1ccccc1.Cl. The fourth-order valence-electron chi connectivity index (χ4n) is 2.48. The van der Waals surface area contributed by atoms with E-state index in [2.05, 4.69) is 0 Å². The molecule has 0 bridgehead atoms. The molecule has 1 aliphatic rings. The second-order valence-electron chi connectivity index (χ2n) is 5.39. The zero-order valence-electron chi connectivity index (χ0n) is 12.0. The van der Waals surface area contributed by atoms with Gasteiger partial charge in [-0.25, -0.2) is 0 Å². The first-order valence-corrected chi connectivity index (χ1v) is 6.73. The second-order valence-corrected chi connectivity index (χ2v) is 5.39. The summed E-state index contributed by atoms with van der Waals surface area (Å²) in [6, 6.07) is 9.48. The summed E-state index contributed by atoms with van der Waals surface area (Å²) in [7, 11) is 1.79. The van der Waals surface area contributed by atoms with E-state index in [9.17, 15) is 4.79 Å². The van der Waals surface area contributed by atoms with Gasteiger partial charge in [0.2, 0.25) is 5.91 Å². The van der Waals surface area contributed by atoms with Gasteiger partial charge in [0.15, 0.2) is 0 Å². The number of nitrogens with zero attached hydrogens (tertiary/aromatic N) is 1. The largest absolute Gasteiger partial charge is 0.376 e. The highest BCUT2D eigenvalue weighted by Crippen LogP contribution is 2.21. The average molecular weight is 299 g/mol. The highest BCUT2D eigenvalue weighted by molar-refractivity contribution is 5.87. The first kappa shape index (κ1) is 17.0. The molecule has 5 heteroatoms. The van der Waals surface area contributed by atoms with E-state index in [0.717, 1.165) is 25.0 Å². The van der Waals surface area contributed by atoms with Gasteiger partial charge in [-0.05, 0) is 25.3 Å². The molecule has 1 aromatic rings. The molecule has 1 saturated heterocycles. The van der Waals surface area contributed by atoms with Crippen molar-refractivity contribution in [2.24, 2.45) is 5.73 Å². The summed E-state index contributed by atoms with van der Waals surface area (Å²) in [4.78, 5) is 14.2. The molecule has 4 nitrogen and oxygen atoms in total. The average Bonchev–Trinajstić information content (AvgIpc) is 2.91. The third-order valence-corrected chi connectivity index (χ3v) is 3.67. The molecule has 1 fully saturated rings. The van der Waals surface area contributed by atoms with Crippen LogP contribution in [0.3, 0.4) is 0 Å². The standard InChI is InChI=1S/C15H22N2O2.ClH/c1-15(16,12-7-4-3-5-8-12)14(18)17(2)11-13-9-6-10-19-13;/h3-5,7-8,13H,6,9-11,16H2,1-2H3;1H. The summed E-state index contributed by atoms with van der Waals surface area (Å²) in [6.07, 6.45) is 2.25. The van der Waals surface area contributed by atoms with Gasteiger partial charge in [-0.2, -0.15) is 0 Å². The fourth-order valence-corrected chi connectivity index (χ4v) is 2.48. The maximum absolute atomic E-state index is 12.5. The molecule has 1 aromatic carbocycles. The zero-order chi connectivity index (χ0) is 13.9. The van der Waals surface area contributed by atoms with E-state index >= 15 is 0 Å². The fraction of sp³-hybridized carbons (Fsp3) is 0.533. The van der Waals surface area contributed by atoms with Gasteiger partial charge in [-0.15, -0.1) is 12.4 Å². The number of nitrogens with two attached hydrogens (primary N) is 1. The molecule has 0 aromatic heterocycles. The number of carbonyl (C=O) groups excluding carboxylic acids is 1. The number of ether oxygens (including phenoxy) is 1. The summed E-state index contributed by atoms with van der Waals surface area (Å²) < 4.78 is 5.56. The topological polar surface area (TPSA) is 55.6 Å². The highest BCUT2D eigenvalue weighted by atomic mass is 35.5. The summed E-state index contributed by atoms with van der Waals surface area (Å²) >= 11 is 0. The van der Waals surface area contributed by atoms with Crippen LogP contribution in [0.4, 0.5) is 0 Å². The molecular weight excluding hydrogens is 276 g/mol. The first-order valence-electron chi connectivity index (χ1n) is 6.73. The molecule has 0 spiro atoms. The van der Waals surface area contributed by atoms with E-state index in [1.54, 1.807) is 18.9 Å². The van der Waals surface area contributed by atoms with Crippen LogP contribution < -0.4 is 5.73 Å². The lowest BCUT2D eigenvalue weighted by Gasteiger charge is -2.30. The van der Waals surface area contributed by atoms with Gasteiger partial charge >= 0.3 is 0 Å². The Kier molecular flexibility index (Phi) is 5.99. The molecular formula is C15H23ClN2O2. The number of carbonyl (C=O) groups is 1. The van der Waals surface area contributed by atoms with E-state index in [1.807, 2.05) is 30.3 Å². The zero-order valence-corrected chi connectivity index (χ0v) is 12.9. The Balaban J connectivity index is 0.00000200. The summed E-state index contributed by atoms with van der Waals surface area (Å²) in [5.74, 6) is -0.0748. The molecule has 2 rings (SSSR count). The normalized spacial score (nSPS) is 20.9. The number of rotatable bonds is 4. The Labute approximate surface area is 126 Å². The minimum atomic E-state index is -0.991. The Hall–Kier alpha value is -1.10. The van der Waals surface area contributed by atoms with Gasteiger partial charge in [-0.1, -0.05) is 30.3 Å². The van der Waals surface area contributed by atoms with Crippen LogP contribution in [0.15, 0.2) is 30.3 Å². The van der Waals surface area contributed by atoms with Crippen LogP contribution in [0.1, 0.15) is 25.3 Å². The van der Waals surface area contributed by atoms with Crippen LogP contribution in [-0.2, 0) is 15.1 Å². The van der Waals surface area contributed by atoms with Gasteiger partial charge in [0.25, 0.3) is 0 Å². The van der Waals surface area contributed by atoms with Gasteiger partial charge in [0.1, 0.15) is 5.54 Å². The Morgan fingerprint density at radius 1 is 1.45 bits per heavy atom. The van der Waals surface area contributed by atoms with Crippen molar-refractivity contribution >= 4 is 18.3 Å². The minimum absolute atomic E-state index is 0. The number of hydrogen-bond acceptors (Lipinski definition) is 3. The van der Waals surface area contributed by atoms with E-state index in [4.69, 9.17) is 10.5 Å². The number of benzene rings is 1. The Bertz CT molecular complexity index is 431. The summed E-state index contributed by atoms with van der Waals surface area (Å²) in [5, 5.41) is 0. The summed E-state index contributed by atoms with van der Waals surface area (Å²) in [5.41, 5.74) is 6.07. The molecule has 2 atom stereocenters. The molecule has 0 aliphatic carbocycles. The van der Waals surface area contributed by atoms with Crippen LogP contribution in [0, 0.1) is 0 Å². The van der Waals surface area contributed by atoms with Gasteiger partial charge in [0, 0.05) is 20.2 Å². The predicted octanol–water partition coefficient (Wildman–Crippen LogP) is 1.92. The minimum Gasteiger partial charge on any atom is -0.376 e. The van der Waals surface area contributed by atoms with Crippen LogP contribution in [0.5, 0.6) is 0 Å². The molecule has 112 valence electrons. The Morgan fingerprint density at radius 2 is 2.10 bits per heavy atom. The van der Waals surface area contributed by atoms with E-state index < -0.39 is 5.54 Å². The van der Waals surface area contributed by atoms with Crippen LogP contribution in [-0.4, -0.2) is 37.1 Å². The van der Waals surface area contributed by atoms with Crippen LogP contribution in [0.25, 0.3) is 0 Å². The van der Waals surface area contributed by atoms with Crippen LogP contribution in [0.2, 0.25) is 0 Å². The van der Waals surface area contributed by atoms with Crippen molar-refractivity contribution < 1.29 is 9.53 Å². The highest BCUT2D eigenvalue weighted by Gasteiger charge is 2.34. The summed E-state index contributed by atoms with van der Waals surface area (Å²) in [6.45, 7) is 3.17. The molecule has 2 N–H and O–H groups in total. The molecule has 2 unspecified atom stereocenters. The molecule has 1 amide bonds. The molecule has 0 saturated carbocycles. The van der Waals surface area contributed by atoms with E-state index in [1.165, 1.54) is 0 Å². The number of halogens is 1. The van der Waals surface area contributed by atoms with Crippen molar-refractivity contribution in [2.75, 3.05) is 20.2 Å². The number of hydrogen-bond donors (Lipinski definition) is 1. The third-order valence-electron chi connectivity index (χ3n) is 3.67. The van der Waals surface area contributed by atoms with Crippen molar-refractivity contribution in [2.45, 2.75) is 31.4 Å². The number of amides is 1. The lowest BCUT2D eigenvalue weighted by molar-refractivity contribution is -0.136. The third kappa shape index (κ3) is 3.72. The Morgan fingerprint density at radius 3 is 2.65 bits per heavy atom. The van der Waals surface area contributed by atoms with Crippen molar-refractivity contribution in [1.82, 2.24) is 4.90 Å². The van der Waals surface area contributed by atoms with Crippen molar-refractivity contribution in [3.05, 3.63) is 35.9 Å².